The molecule has 1 aliphatic heterocycles. The zero-order chi connectivity index (χ0) is 12.1. The SMILES string of the molecule is CN1CCN(C(=O)CC2CCCCCC2)CC1. The van der Waals surface area contributed by atoms with Crippen LogP contribution in [-0.4, -0.2) is 48.9 Å². The van der Waals surface area contributed by atoms with Gasteiger partial charge in [0.15, 0.2) is 0 Å². The van der Waals surface area contributed by atoms with Gasteiger partial charge in [0, 0.05) is 32.6 Å². The van der Waals surface area contributed by atoms with E-state index in [1.165, 1.54) is 38.5 Å². The van der Waals surface area contributed by atoms with Crippen LogP contribution in [-0.2, 0) is 4.79 Å². The molecule has 0 radical (unpaired) electrons. The number of hydrogen-bond acceptors (Lipinski definition) is 2. The summed E-state index contributed by atoms with van der Waals surface area (Å²) >= 11 is 0. The second-order valence-electron chi connectivity index (χ2n) is 5.75. The quantitative estimate of drug-likeness (QED) is 0.688. The molecule has 1 saturated heterocycles. The van der Waals surface area contributed by atoms with Gasteiger partial charge < -0.3 is 9.80 Å². The minimum atomic E-state index is 0.407. The fourth-order valence-electron chi connectivity index (χ4n) is 3.00. The van der Waals surface area contributed by atoms with Gasteiger partial charge in [0.05, 0.1) is 0 Å². The van der Waals surface area contributed by atoms with Crippen molar-refractivity contribution in [1.82, 2.24) is 9.80 Å². The molecular weight excluding hydrogens is 212 g/mol. The summed E-state index contributed by atoms with van der Waals surface area (Å²) in [6, 6.07) is 0. The summed E-state index contributed by atoms with van der Waals surface area (Å²) in [7, 11) is 2.13. The van der Waals surface area contributed by atoms with E-state index >= 15 is 0 Å². The van der Waals surface area contributed by atoms with Gasteiger partial charge in [-0.15, -0.1) is 0 Å². The highest BCUT2D eigenvalue weighted by atomic mass is 16.2. The summed E-state index contributed by atoms with van der Waals surface area (Å²) in [5.74, 6) is 1.08. The molecule has 17 heavy (non-hydrogen) atoms. The van der Waals surface area contributed by atoms with Crippen LogP contribution in [0.15, 0.2) is 0 Å². The average molecular weight is 238 g/mol. The molecule has 0 aromatic carbocycles. The zero-order valence-corrected chi connectivity index (χ0v) is 11.2. The Kier molecular flexibility index (Phi) is 4.84. The third-order valence-corrected chi connectivity index (χ3v) is 4.29. The predicted octanol–water partition coefficient (Wildman–Crippen LogP) is 2.12. The summed E-state index contributed by atoms with van der Waals surface area (Å²) < 4.78 is 0. The molecule has 98 valence electrons. The molecule has 3 heteroatoms. The molecule has 3 nitrogen and oxygen atoms in total. The maximum Gasteiger partial charge on any atom is 0.222 e. The topological polar surface area (TPSA) is 23.6 Å². The van der Waals surface area contributed by atoms with Gasteiger partial charge in [0.1, 0.15) is 0 Å². The second kappa shape index (κ2) is 6.39. The van der Waals surface area contributed by atoms with Crippen LogP contribution >= 0.6 is 0 Å². The average Bonchev–Trinajstić information content (AvgIpc) is 2.58. The van der Waals surface area contributed by atoms with Gasteiger partial charge in [-0.3, -0.25) is 4.79 Å². The number of nitrogens with zero attached hydrogens (tertiary/aromatic N) is 2. The Hall–Kier alpha value is -0.570. The highest BCUT2D eigenvalue weighted by Crippen LogP contribution is 2.26. The van der Waals surface area contributed by atoms with Crippen LogP contribution in [0.4, 0.5) is 0 Å². The molecule has 1 saturated carbocycles. The van der Waals surface area contributed by atoms with Crippen molar-refractivity contribution in [2.45, 2.75) is 44.9 Å². The lowest BCUT2D eigenvalue weighted by molar-refractivity contribution is -0.133. The number of rotatable bonds is 2. The predicted molar refractivity (Wildman–Crippen MR) is 69.9 cm³/mol. The first-order valence-electron chi connectivity index (χ1n) is 7.22. The summed E-state index contributed by atoms with van der Waals surface area (Å²) in [6.07, 6.45) is 8.78. The molecule has 1 aliphatic carbocycles. The molecule has 0 bridgehead atoms. The third-order valence-electron chi connectivity index (χ3n) is 4.29. The van der Waals surface area contributed by atoms with E-state index in [0.29, 0.717) is 11.8 Å². The summed E-state index contributed by atoms with van der Waals surface area (Å²) in [5, 5.41) is 0. The molecule has 1 amide bonds. The molecule has 2 rings (SSSR count). The molecule has 0 aromatic rings. The molecule has 0 atom stereocenters. The first kappa shape index (κ1) is 12.9. The molecular formula is C14H26N2O. The van der Waals surface area contributed by atoms with Gasteiger partial charge in [-0.2, -0.15) is 0 Å². The van der Waals surface area contributed by atoms with E-state index in [2.05, 4.69) is 16.8 Å². The van der Waals surface area contributed by atoms with E-state index in [4.69, 9.17) is 0 Å². The van der Waals surface area contributed by atoms with Crippen molar-refractivity contribution in [1.29, 1.82) is 0 Å². The molecule has 1 heterocycles. The van der Waals surface area contributed by atoms with Crippen LogP contribution in [0.1, 0.15) is 44.9 Å². The monoisotopic (exact) mass is 238 g/mol. The largest absolute Gasteiger partial charge is 0.340 e. The summed E-state index contributed by atoms with van der Waals surface area (Å²) in [4.78, 5) is 16.6. The lowest BCUT2D eigenvalue weighted by Crippen LogP contribution is -2.47. The number of carbonyl (C=O) groups excluding carboxylic acids is 1. The molecule has 0 unspecified atom stereocenters. The molecule has 2 aliphatic rings. The van der Waals surface area contributed by atoms with Crippen LogP contribution in [0.5, 0.6) is 0 Å². The van der Waals surface area contributed by atoms with Crippen molar-refractivity contribution in [3.05, 3.63) is 0 Å². The first-order valence-corrected chi connectivity index (χ1v) is 7.22. The Labute approximate surface area is 105 Å². The number of carbonyl (C=O) groups is 1. The Morgan fingerprint density at radius 2 is 1.59 bits per heavy atom. The van der Waals surface area contributed by atoms with Crippen molar-refractivity contribution < 1.29 is 4.79 Å². The lowest BCUT2D eigenvalue weighted by Gasteiger charge is -2.33. The van der Waals surface area contributed by atoms with Gasteiger partial charge in [0.2, 0.25) is 5.91 Å². The second-order valence-corrected chi connectivity index (χ2v) is 5.75. The normalized spacial score (nSPS) is 24.6. The fraction of sp³-hybridized carbons (Fsp3) is 0.929. The Balaban J connectivity index is 1.75. The zero-order valence-electron chi connectivity index (χ0n) is 11.2. The minimum absolute atomic E-state index is 0.407. The maximum atomic E-state index is 12.2. The number of amides is 1. The van der Waals surface area contributed by atoms with E-state index < -0.39 is 0 Å². The number of piperazine rings is 1. The Morgan fingerprint density at radius 3 is 2.18 bits per heavy atom. The van der Waals surface area contributed by atoms with Crippen LogP contribution in [0, 0.1) is 5.92 Å². The van der Waals surface area contributed by atoms with Gasteiger partial charge in [-0.25, -0.2) is 0 Å². The van der Waals surface area contributed by atoms with E-state index in [1.807, 2.05) is 0 Å². The van der Waals surface area contributed by atoms with Crippen molar-refractivity contribution in [2.24, 2.45) is 5.92 Å². The lowest BCUT2D eigenvalue weighted by atomic mass is 9.96. The standard InChI is InChI=1S/C14H26N2O/c1-15-8-10-16(11-9-15)14(17)12-13-6-4-2-3-5-7-13/h13H,2-12H2,1H3. The van der Waals surface area contributed by atoms with E-state index in [1.54, 1.807) is 0 Å². The van der Waals surface area contributed by atoms with E-state index in [-0.39, 0.29) is 0 Å². The molecule has 0 spiro atoms. The molecule has 2 fully saturated rings. The van der Waals surface area contributed by atoms with Crippen LogP contribution in [0.2, 0.25) is 0 Å². The smallest absolute Gasteiger partial charge is 0.222 e. The third kappa shape index (κ3) is 3.98. The molecule has 0 N–H and O–H groups in total. The fourth-order valence-corrected chi connectivity index (χ4v) is 3.00. The van der Waals surface area contributed by atoms with Crippen LogP contribution in [0.25, 0.3) is 0 Å². The highest BCUT2D eigenvalue weighted by Gasteiger charge is 2.22. The number of likely N-dealkylation sites (N-methyl/N-ethyl adjacent to an activating group) is 1. The minimum Gasteiger partial charge on any atom is -0.340 e. The van der Waals surface area contributed by atoms with Gasteiger partial charge in [0.25, 0.3) is 0 Å². The molecule has 0 aromatic heterocycles. The van der Waals surface area contributed by atoms with Crippen molar-refractivity contribution in [3.8, 4) is 0 Å². The van der Waals surface area contributed by atoms with Crippen molar-refractivity contribution in [3.63, 3.8) is 0 Å². The Morgan fingerprint density at radius 1 is 1.00 bits per heavy atom. The van der Waals surface area contributed by atoms with Crippen LogP contribution < -0.4 is 0 Å². The van der Waals surface area contributed by atoms with Gasteiger partial charge in [-0.05, 0) is 25.8 Å². The summed E-state index contributed by atoms with van der Waals surface area (Å²) in [6.45, 7) is 3.94. The first-order chi connectivity index (χ1) is 8.25. The Bertz CT molecular complexity index is 239. The van der Waals surface area contributed by atoms with Crippen molar-refractivity contribution >= 4 is 5.91 Å². The number of hydrogen-bond donors (Lipinski definition) is 0. The highest BCUT2D eigenvalue weighted by molar-refractivity contribution is 5.76. The summed E-state index contributed by atoms with van der Waals surface area (Å²) in [5.41, 5.74) is 0. The maximum absolute atomic E-state index is 12.2. The van der Waals surface area contributed by atoms with E-state index in [9.17, 15) is 4.79 Å². The van der Waals surface area contributed by atoms with E-state index in [0.717, 1.165) is 32.6 Å². The van der Waals surface area contributed by atoms with Gasteiger partial charge in [-0.1, -0.05) is 25.7 Å². The van der Waals surface area contributed by atoms with Crippen molar-refractivity contribution in [2.75, 3.05) is 33.2 Å². The van der Waals surface area contributed by atoms with Crippen LogP contribution in [0.3, 0.4) is 0 Å². The van der Waals surface area contributed by atoms with Gasteiger partial charge >= 0.3 is 0 Å².